The van der Waals surface area contributed by atoms with Crippen molar-refractivity contribution in [3.63, 3.8) is 0 Å². The average Bonchev–Trinajstić information content (AvgIpc) is 3.33. The van der Waals surface area contributed by atoms with E-state index >= 15 is 0 Å². The van der Waals surface area contributed by atoms with Crippen LogP contribution >= 0.6 is 0 Å². The van der Waals surface area contributed by atoms with Gasteiger partial charge in [-0.2, -0.15) is 10.2 Å². The molecule has 1 fully saturated rings. The quantitative estimate of drug-likeness (QED) is 0.661. The van der Waals surface area contributed by atoms with E-state index < -0.39 is 0 Å². The highest BCUT2D eigenvalue weighted by molar-refractivity contribution is 5.78. The van der Waals surface area contributed by atoms with E-state index in [9.17, 15) is 4.79 Å². The summed E-state index contributed by atoms with van der Waals surface area (Å²) in [5.41, 5.74) is 4.47. The summed E-state index contributed by atoms with van der Waals surface area (Å²) in [6.45, 7) is 6.18. The van der Waals surface area contributed by atoms with Crippen molar-refractivity contribution in [3.05, 3.63) is 47.8 Å². The number of hydrogen-bond acceptors (Lipinski definition) is 3. The zero-order valence-corrected chi connectivity index (χ0v) is 17.5. The Labute approximate surface area is 172 Å². The molecule has 2 heterocycles. The first-order valence-electron chi connectivity index (χ1n) is 10.8. The van der Waals surface area contributed by atoms with Gasteiger partial charge in [-0.05, 0) is 32.3 Å². The minimum absolute atomic E-state index is 0.0764. The topological polar surface area (TPSA) is 64.7 Å². The Bertz CT molecular complexity index is 966. The van der Waals surface area contributed by atoms with Crippen LogP contribution in [0.25, 0.3) is 11.0 Å². The first-order valence-corrected chi connectivity index (χ1v) is 10.8. The molecule has 1 aliphatic carbocycles. The van der Waals surface area contributed by atoms with Crippen LogP contribution in [0.5, 0.6) is 0 Å². The second-order valence-corrected chi connectivity index (χ2v) is 8.24. The predicted octanol–water partition coefficient (Wildman–Crippen LogP) is 3.97. The van der Waals surface area contributed by atoms with E-state index in [1.54, 1.807) is 0 Å². The summed E-state index contributed by atoms with van der Waals surface area (Å²) in [5, 5.41) is 12.3. The molecule has 1 amide bonds. The standard InChI is InChI=1S/C23H31N5O/c1-3-27-20-16-25-28(22(20)18(2)26-27)15-12-21(29)24-17-23(13-8-5-9-14-23)19-10-6-4-7-11-19/h4,6-7,10-11,16H,3,5,8-9,12-15,17H2,1-2H3,(H,24,29). The summed E-state index contributed by atoms with van der Waals surface area (Å²) in [6.07, 6.45) is 8.33. The second kappa shape index (κ2) is 8.39. The van der Waals surface area contributed by atoms with E-state index in [0.717, 1.165) is 42.7 Å². The molecule has 0 aliphatic heterocycles. The molecule has 0 unspecified atom stereocenters. The number of nitrogens with zero attached hydrogens (tertiary/aromatic N) is 4. The van der Waals surface area contributed by atoms with Gasteiger partial charge in [-0.15, -0.1) is 0 Å². The third-order valence-electron chi connectivity index (χ3n) is 6.38. The van der Waals surface area contributed by atoms with E-state index in [1.807, 2.05) is 22.5 Å². The number of amides is 1. The average molecular weight is 394 g/mol. The largest absolute Gasteiger partial charge is 0.355 e. The fourth-order valence-electron chi connectivity index (χ4n) is 4.78. The summed E-state index contributed by atoms with van der Waals surface area (Å²) in [5.74, 6) is 0.0927. The Balaban J connectivity index is 1.40. The molecule has 1 aliphatic rings. The Morgan fingerprint density at radius 3 is 2.62 bits per heavy atom. The van der Waals surface area contributed by atoms with E-state index in [1.165, 1.54) is 24.8 Å². The van der Waals surface area contributed by atoms with Crippen LogP contribution in [0.4, 0.5) is 0 Å². The van der Waals surface area contributed by atoms with Gasteiger partial charge in [-0.1, -0.05) is 49.6 Å². The predicted molar refractivity (Wildman–Crippen MR) is 115 cm³/mol. The van der Waals surface area contributed by atoms with Crippen LogP contribution in [0.3, 0.4) is 0 Å². The number of rotatable bonds is 7. The van der Waals surface area contributed by atoms with Gasteiger partial charge in [0.25, 0.3) is 0 Å². The van der Waals surface area contributed by atoms with Crippen molar-refractivity contribution in [2.24, 2.45) is 0 Å². The Morgan fingerprint density at radius 2 is 1.90 bits per heavy atom. The highest BCUT2D eigenvalue weighted by Crippen LogP contribution is 2.38. The number of carbonyl (C=O) groups is 1. The summed E-state index contributed by atoms with van der Waals surface area (Å²) in [4.78, 5) is 12.7. The number of aromatic nitrogens is 4. The van der Waals surface area contributed by atoms with Gasteiger partial charge in [0.05, 0.1) is 18.4 Å². The van der Waals surface area contributed by atoms with Crippen LogP contribution in [0.15, 0.2) is 36.5 Å². The fourth-order valence-corrected chi connectivity index (χ4v) is 4.78. The van der Waals surface area contributed by atoms with Crippen molar-refractivity contribution in [1.82, 2.24) is 24.9 Å². The van der Waals surface area contributed by atoms with Gasteiger partial charge in [-0.25, -0.2) is 0 Å². The second-order valence-electron chi connectivity index (χ2n) is 8.24. The lowest BCUT2D eigenvalue weighted by Crippen LogP contribution is -2.42. The minimum Gasteiger partial charge on any atom is -0.355 e. The maximum Gasteiger partial charge on any atom is 0.221 e. The van der Waals surface area contributed by atoms with E-state index in [4.69, 9.17) is 0 Å². The van der Waals surface area contributed by atoms with Gasteiger partial charge >= 0.3 is 0 Å². The molecule has 29 heavy (non-hydrogen) atoms. The van der Waals surface area contributed by atoms with Gasteiger partial charge in [0, 0.05) is 24.9 Å². The maximum atomic E-state index is 12.7. The number of fused-ring (bicyclic) bond motifs is 1. The van der Waals surface area contributed by atoms with Gasteiger partial charge in [0.1, 0.15) is 11.0 Å². The third kappa shape index (κ3) is 3.93. The van der Waals surface area contributed by atoms with Crippen molar-refractivity contribution in [3.8, 4) is 0 Å². The zero-order valence-electron chi connectivity index (χ0n) is 17.5. The van der Waals surface area contributed by atoms with Gasteiger partial charge in [-0.3, -0.25) is 14.2 Å². The van der Waals surface area contributed by atoms with Crippen LogP contribution in [-0.4, -0.2) is 32.0 Å². The Hall–Kier alpha value is -2.63. The van der Waals surface area contributed by atoms with E-state index in [2.05, 4.69) is 52.8 Å². The van der Waals surface area contributed by atoms with Crippen LogP contribution < -0.4 is 5.32 Å². The monoisotopic (exact) mass is 393 g/mol. The van der Waals surface area contributed by atoms with Crippen molar-refractivity contribution in [2.45, 2.75) is 70.9 Å². The molecule has 2 aromatic heterocycles. The number of nitrogens with one attached hydrogen (secondary N) is 1. The first kappa shape index (κ1) is 19.7. The van der Waals surface area contributed by atoms with Gasteiger partial charge in [0.15, 0.2) is 0 Å². The first-order chi connectivity index (χ1) is 14.1. The van der Waals surface area contributed by atoms with Crippen molar-refractivity contribution in [1.29, 1.82) is 0 Å². The highest BCUT2D eigenvalue weighted by atomic mass is 16.1. The lowest BCUT2D eigenvalue weighted by molar-refractivity contribution is -0.121. The minimum atomic E-state index is 0.0764. The van der Waals surface area contributed by atoms with Gasteiger partial charge < -0.3 is 5.32 Å². The summed E-state index contributed by atoms with van der Waals surface area (Å²) in [7, 11) is 0. The van der Waals surface area contributed by atoms with Crippen molar-refractivity contribution < 1.29 is 4.79 Å². The molecule has 1 saturated carbocycles. The number of aryl methyl sites for hydroxylation is 3. The van der Waals surface area contributed by atoms with Crippen LogP contribution in [0, 0.1) is 6.92 Å². The SMILES string of the molecule is CCn1nc(C)c2c1cnn2CCC(=O)NCC1(c2ccccc2)CCCCC1. The lowest BCUT2D eigenvalue weighted by Gasteiger charge is -2.38. The molecule has 6 nitrogen and oxygen atoms in total. The molecule has 0 radical (unpaired) electrons. The molecule has 3 aromatic rings. The van der Waals surface area contributed by atoms with E-state index in [-0.39, 0.29) is 11.3 Å². The lowest BCUT2D eigenvalue weighted by atomic mass is 9.69. The number of hydrogen-bond donors (Lipinski definition) is 1. The fraction of sp³-hybridized carbons (Fsp3) is 0.522. The highest BCUT2D eigenvalue weighted by Gasteiger charge is 2.34. The molecule has 0 spiro atoms. The number of carbonyl (C=O) groups excluding carboxylic acids is 1. The molecule has 1 aromatic carbocycles. The molecule has 4 rings (SSSR count). The van der Waals surface area contributed by atoms with Crippen LogP contribution in [-0.2, 0) is 23.3 Å². The smallest absolute Gasteiger partial charge is 0.221 e. The zero-order chi connectivity index (χ0) is 20.3. The molecular weight excluding hydrogens is 362 g/mol. The summed E-state index contributed by atoms with van der Waals surface area (Å²) in [6, 6.07) is 10.7. The number of benzene rings is 1. The molecule has 0 saturated heterocycles. The molecular formula is C23H31N5O. The van der Waals surface area contributed by atoms with Crippen LogP contribution in [0.1, 0.15) is 56.7 Å². The van der Waals surface area contributed by atoms with E-state index in [0.29, 0.717) is 13.0 Å². The van der Waals surface area contributed by atoms with Crippen molar-refractivity contribution in [2.75, 3.05) is 6.54 Å². The Kier molecular flexibility index (Phi) is 5.69. The Morgan fingerprint density at radius 1 is 1.14 bits per heavy atom. The van der Waals surface area contributed by atoms with Crippen LogP contribution in [0.2, 0.25) is 0 Å². The molecule has 154 valence electrons. The summed E-state index contributed by atoms with van der Waals surface area (Å²) < 4.78 is 3.87. The molecule has 0 atom stereocenters. The van der Waals surface area contributed by atoms with Crippen molar-refractivity contribution >= 4 is 16.9 Å². The molecule has 6 heteroatoms. The normalized spacial score (nSPS) is 16.2. The molecule has 1 N–H and O–H groups in total. The summed E-state index contributed by atoms with van der Waals surface area (Å²) >= 11 is 0. The van der Waals surface area contributed by atoms with Gasteiger partial charge in [0.2, 0.25) is 5.91 Å². The molecule has 0 bridgehead atoms. The third-order valence-corrected chi connectivity index (χ3v) is 6.38. The maximum absolute atomic E-state index is 12.7.